The number of carbonyl (C=O) groups excluding carboxylic acids is 1. The van der Waals surface area contributed by atoms with Crippen LogP contribution < -0.4 is 5.32 Å². The first-order valence-electron chi connectivity index (χ1n) is 6.01. The van der Waals surface area contributed by atoms with Gasteiger partial charge in [-0.25, -0.2) is 9.97 Å². The number of amides is 1. The maximum absolute atomic E-state index is 11.4. The number of fused-ring (bicyclic) bond motifs is 2. The van der Waals surface area contributed by atoms with Crippen LogP contribution in [0.15, 0.2) is 43.0 Å². The molecule has 2 aromatic heterocycles. The maximum atomic E-state index is 11.4. The number of nitrogens with zero attached hydrogens (tertiary/aromatic N) is 3. The minimum Gasteiger partial charge on any atom is -0.326 e. The smallest absolute Gasteiger partial charge is 0.228 e. The number of hydrogen-bond acceptors (Lipinski definition) is 3. The van der Waals surface area contributed by atoms with Crippen molar-refractivity contribution in [1.29, 1.82) is 0 Å². The minimum absolute atomic E-state index is 0.0480. The van der Waals surface area contributed by atoms with Gasteiger partial charge in [0.05, 0.1) is 6.42 Å². The third kappa shape index (κ3) is 1.52. The lowest BCUT2D eigenvalue weighted by molar-refractivity contribution is -0.115. The fourth-order valence-electron chi connectivity index (χ4n) is 2.45. The third-order valence-electron chi connectivity index (χ3n) is 3.34. The van der Waals surface area contributed by atoms with Gasteiger partial charge in [0.25, 0.3) is 0 Å². The van der Waals surface area contributed by atoms with Crippen LogP contribution in [-0.4, -0.2) is 20.4 Å². The largest absolute Gasteiger partial charge is 0.326 e. The number of carbonyl (C=O) groups is 1. The van der Waals surface area contributed by atoms with Gasteiger partial charge in [0, 0.05) is 29.2 Å². The van der Waals surface area contributed by atoms with Crippen molar-refractivity contribution in [2.24, 2.45) is 0 Å². The monoisotopic (exact) mass is 250 g/mol. The summed E-state index contributed by atoms with van der Waals surface area (Å²) in [7, 11) is 0. The first-order chi connectivity index (χ1) is 9.31. The number of hydrogen-bond donors (Lipinski definition) is 1. The molecule has 0 fully saturated rings. The van der Waals surface area contributed by atoms with Crippen LogP contribution in [0.25, 0.3) is 16.7 Å². The standard InChI is InChI=1S/C14H10N4O/c19-13-6-10-5-11(1-2-12(10)17-13)18-4-3-9-7-15-8-16-14(9)18/h1-5,7-8H,6H2,(H,17,19). The van der Waals surface area contributed by atoms with Gasteiger partial charge in [0.1, 0.15) is 12.0 Å². The van der Waals surface area contributed by atoms with Crippen LogP contribution in [0.2, 0.25) is 0 Å². The van der Waals surface area contributed by atoms with E-state index in [2.05, 4.69) is 15.3 Å². The predicted molar refractivity (Wildman–Crippen MR) is 71.2 cm³/mol. The Bertz CT molecular complexity index is 806. The fraction of sp³-hybridized carbons (Fsp3) is 0.0714. The Morgan fingerprint density at radius 1 is 1.26 bits per heavy atom. The minimum atomic E-state index is 0.0480. The summed E-state index contributed by atoms with van der Waals surface area (Å²) in [5.41, 5.74) is 3.80. The zero-order valence-corrected chi connectivity index (χ0v) is 10.00. The van der Waals surface area contributed by atoms with E-state index in [4.69, 9.17) is 0 Å². The molecule has 0 saturated heterocycles. The molecular formula is C14H10N4O. The molecule has 1 amide bonds. The second-order valence-electron chi connectivity index (χ2n) is 4.55. The quantitative estimate of drug-likeness (QED) is 0.717. The lowest BCUT2D eigenvalue weighted by Crippen LogP contribution is -2.03. The van der Waals surface area contributed by atoms with Crippen molar-refractivity contribution in [2.75, 3.05) is 5.32 Å². The highest BCUT2D eigenvalue weighted by Crippen LogP contribution is 2.27. The number of nitrogens with one attached hydrogen (secondary N) is 1. The summed E-state index contributed by atoms with van der Waals surface area (Å²) >= 11 is 0. The highest BCUT2D eigenvalue weighted by atomic mass is 16.1. The molecule has 1 N–H and O–H groups in total. The Morgan fingerprint density at radius 3 is 3.16 bits per heavy atom. The van der Waals surface area contributed by atoms with Gasteiger partial charge in [0.2, 0.25) is 5.91 Å². The van der Waals surface area contributed by atoms with Gasteiger partial charge in [0.15, 0.2) is 0 Å². The third-order valence-corrected chi connectivity index (χ3v) is 3.34. The summed E-state index contributed by atoms with van der Waals surface area (Å²) < 4.78 is 2.00. The molecule has 0 aliphatic carbocycles. The van der Waals surface area contributed by atoms with Gasteiger partial charge in [-0.3, -0.25) is 4.79 Å². The molecular weight excluding hydrogens is 240 g/mol. The number of anilines is 1. The van der Waals surface area contributed by atoms with E-state index in [1.165, 1.54) is 6.33 Å². The highest BCUT2D eigenvalue weighted by Gasteiger charge is 2.18. The number of rotatable bonds is 1. The van der Waals surface area contributed by atoms with E-state index in [1.54, 1.807) is 6.20 Å². The summed E-state index contributed by atoms with van der Waals surface area (Å²) in [6, 6.07) is 7.91. The number of benzene rings is 1. The summed E-state index contributed by atoms with van der Waals surface area (Å²) in [4.78, 5) is 19.7. The van der Waals surface area contributed by atoms with Crippen molar-refractivity contribution in [2.45, 2.75) is 6.42 Å². The molecule has 1 aliphatic heterocycles. The Balaban J connectivity index is 1.89. The Hall–Kier alpha value is -2.69. The molecule has 3 heterocycles. The SMILES string of the molecule is O=C1Cc2cc(-n3ccc4cncnc43)ccc2N1. The Morgan fingerprint density at radius 2 is 2.21 bits per heavy atom. The number of aromatic nitrogens is 3. The summed E-state index contributed by atoms with van der Waals surface area (Å²) in [5.74, 6) is 0.0480. The van der Waals surface area contributed by atoms with Gasteiger partial charge in [-0.1, -0.05) is 0 Å². The molecule has 3 aromatic rings. The second-order valence-corrected chi connectivity index (χ2v) is 4.55. The van der Waals surface area contributed by atoms with Crippen LogP contribution in [0.4, 0.5) is 5.69 Å². The normalized spacial score (nSPS) is 13.6. The highest BCUT2D eigenvalue weighted by molar-refractivity contribution is 5.99. The van der Waals surface area contributed by atoms with E-state index in [1.807, 2.05) is 35.0 Å². The molecule has 5 heteroatoms. The Labute approximate surface area is 108 Å². The molecule has 4 rings (SSSR count). The molecule has 0 saturated carbocycles. The first kappa shape index (κ1) is 10.3. The second kappa shape index (κ2) is 3.65. The average molecular weight is 250 g/mol. The summed E-state index contributed by atoms with van der Waals surface area (Å²) in [6.07, 6.45) is 5.73. The van der Waals surface area contributed by atoms with Crippen LogP contribution in [0.3, 0.4) is 0 Å². The molecule has 19 heavy (non-hydrogen) atoms. The average Bonchev–Trinajstić information content (AvgIpc) is 2.99. The van der Waals surface area contributed by atoms with Crippen molar-refractivity contribution in [3.8, 4) is 5.69 Å². The molecule has 0 spiro atoms. The van der Waals surface area contributed by atoms with E-state index in [0.29, 0.717) is 6.42 Å². The molecule has 1 aliphatic rings. The maximum Gasteiger partial charge on any atom is 0.228 e. The van der Waals surface area contributed by atoms with E-state index in [0.717, 1.165) is 28.0 Å². The van der Waals surface area contributed by atoms with Crippen LogP contribution >= 0.6 is 0 Å². The zero-order chi connectivity index (χ0) is 12.8. The van der Waals surface area contributed by atoms with Crippen molar-refractivity contribution in [3.05, 3.63) is 48.5 Å². The van der Waals surface area contributed by atoms with Gasteiger partial charge < -0.3 is 9.88 Å². The molecule has 0 bridgehead atoms. The molecule has 5 nitrogen and oxygen atoms in total. The molecule has 0 atom stereocenters. The summed E-state index contributed by atoms with van der Waals surface area (Å²) in [5, 5.41) is 3.83. The van der Waals surface area contributed by atoms with Crippen LogP contribution in [-0.2, 0) is 11.2 Å². The molecule has 1 aromatic carbocycles. The molecule has 0 radical (unpaired) electrons. The Kier molecular flexibility index (Phi) is 1.97. The lowest BCUT2D eigenvalue weighted by Gasteiger charge is -2.06. The summed E-state index contributed by atoms with van der Waals surface area (Å²) in [6.45, 7) is 0. The van der Waals surface area contributed by atoms with E-state index >= 15 is 0 Å². The van der Waals surface area contributed by atoms with Crippen molar-refractivity contribution in [3.63, 3.8) is 0 Å². The van der Waals surface area contributed by atoms with Crippen LogP contribution in [0.1, 0.15) is 5.56 Å². The molecule has 92 valence electrons. The van der Waals surface area contributed by atoms with E-state index in [9.17, 15) is 4.79 Å². The van der Waals surface area contributed by atoms with E-state index < -0.39 is 0 Å². The van der Waals surface area contributed by atoms with Crippen molar-refractivity contribution >= 4 is 22.6 Å². The fourth-order valence-corrected chi connectivity index (χ4v) is 2.45. The van der Waals surface area contributed by atoms with Crippen LogP contribution in [0, 0.1) is 0 Å². The topological polar surface area (TPSA) is 59.8 Å². The van der Waals surface area contributed by atoms with Crippen molar-refractivity contribution < 1.29 is 4.79 Å². The van der Waals surface area contributed by atoms with Gasteiger partial charge in [-0.2, -0.15) is 0 Å². The van der Waals surface area contributed by atoms with E-state index in [-0.39, 0.29) is 5.91 Å². The van der Waals surface area contributed by atoms with Crippen LogP contribution in [0.5, 0.6) is 0 Å². The van der Waals surface area contributed by atoms with Gasteiger partial charge in [-0.05, 0) is 29.8 Å². The van der Waals surface area contributed by atoms with Gasteiger partial charge >= 0.3 is 0 Å². The zero-order valence-electron chi connectivity index (χ0n) is 10.00. The van der Waals surface area contributed by atoms with Gasteiger partial charge in [-0.15, -0.1) is 0 Å². The first-order valence-corrected chi connectivity index (χ1v) is 6.01. The lowest BCUT2D eigenvalue weighted by atomic mass is 10.1. The predicted octanol–water partition coefficient (Wildman–Crippen LogP) is 1.92. The molecule has 0 unspecified atom stereocenters. The van der Waals surface area contributed by atoms with Crippen molar-refractivity contribution in [1.82, 2.24) is 14.5 Å².